The number of anilines is 1. The third-order valence-electron chi connectivity index (χ3n) is 2.39. The van der Waals surface area contributed by atoms with Gasteiger partial charge >= 0.3 is 0 Å². The van der Waals surface area contributed by atoms with Crippen molar-refractivity contribution >= 4 is 16.5 Å². The van der Waals surface area contributed by atoms with E-state index in [0.29, 0.717) is 0 Å². The fraction of sp³-hybridized carbons (Fsp3) is 0.0769. The van der Waals surface area contributed by atoms with E-state index >= 15 is 0 Å². The Hall–Kier alpha value is -2.63. The van der Waals surface area contributed by atoms with E-state index < -0.39 is 0 Å². The first-order chi connectivity index (χ1) is 8.33. The van der Waals surface area contributed by atoms with E-state index in [2.05, 4.69) is 21.9 Å². The maximum absolute atomic E-state index is 8.15. The topological polar surface area (TPSA) is 74.8 Å². The molecule has 0 amide bonds. The average molecular weight is 222 g/mol. The van der Waals surface area contributed by atoms with Crippen LogP contribution in [-0.2, 0) is 0 Å². The standard InChI is InChI=1S/C13H10N4/c14-13-8-2-6-11-10(4-1-7-12(11)13)5-3-9-16-17-15/h1-2,4,6-8H,9,14H2. The number of hydrogen-bond acceptors (Lipinski definition) is 2. The maximum atomic E-state index is 8.15. The van der Waals surface area contributed by atoms with Crippen LogP contribution in [0, 0.1) is 11.8 Å². The number of nitrogen functional groups attached to an aromatic ring is 1. The Balaban J connectivity index is 2.50. The first kappa shape index (κ1) is 10.9. The van der Waals surface area contributed by atoms with Gasteiger partial charge in [-0.05, 0) is 23.1 Å². The summed E-state index contributed by atoms with van der Waals surface area (Å²) < 4.78 is 0. The minimum atomic E-state index is 0.176. The van der Waals surface area contributed by atoms with Crippen molar-refractivity contribution in [2.24, 2.45) is 5.11 Å². The van der Waals surface area contributed by atoms with E-state index in [1.807, 2.05) is 36.4 Å². The highest BCUT2D eigenvalue weighted by Gasteiger charge is 1.99. The van der Waals surface area contributed by atoms with Crippen molar-refractivity contribution in [2.45, 2.75) is 0 Å². The van der Waals surface area contributed by atoms with E-state index in [1.165, 1.54) is 0 Å². The molecule has 0 aromatic heterocycles. The quantitative estimate of drug-likeness (QED) is 0.260. The van der Waals surface area contributed by atoms with Crippen LogP contribution in [0.4, 0.5) is 5.69 Å². The third kappa shape index (κ3) is 2.31. The van der Waals surface area contributed by atoms with Crippen LogP contribution in [0.1, 0.15) is 5.56 Å². The Kier molecular flexibility index (Phi) is 3.15. The molecule has 0 saturated carbocycles. The zero-order valence-corrected chi connectivity index (χ0v) is 9.09. The van der Waals surface area contributed by atoms with Crippen LogP contribution in [-0.4, -0.2) is 6.54 Å². The smallest absolute Gasteiger partial charge is 0.0880 e. The second kappa shape index (κ2) is 4.93. The summed E-state index contributed by atoms with van der Waals surface area (Å²) in [5.74, 6) is 5.78. The van der Waals surface area contributed by atoms with Crippen molar-refractivity contribution in [3.05, 3.63) is 52.4 Å². The van der Waals surface area contributed by atoms with E-state index in [9.17, 15) is 0 Å². The van der Waals surface area contributed by atoms with Crippen molar-refractivity contribution in [1.82, 2.24) is 0 Å². The highest BCUT2D eigenvalue weighted by molar-refractivity contribution is 5.96. The molecule has 0 heterocycles. The average Bonchev–Trinajstić information content (AvgIpc) is 2.36. The van der Waals surface area contributed by atoms with Gasteiger partial charge in [-0.15, -0.1) is 0 Å². The molecule has 4 nitrogen and oxygen atoms in total. The van der Waals surface area contributed by atoms with Crippen LogP contribution in [0.2, 0.25) is 0 Å². The molecule has 0 spiro atoms. The van der Waals surface area contributed by atoms with E-state index in [-0.39, 0.29) is 6.54 Å². The molecule has 0 aliphatic rings. The molecule has 2 rings (SSSR count). The minimum absolute atomic E-state index is 0.176. The van der Waals surface area contributed by atoms with Crippen molar-refractivity contribution in [2.75, 3.05) is 12.3 Å². The van der Waals surface area contributed by atoms with Gasteiger partial charge in [0.2, 0.25) is 0 Å². The zero-order valence-electron chi connectivity index (χ0n) is 9.09. The Labute approximate surface area is 98.7 Å². The molecule has 0 atom stereocenters. The Morgan fingerprint density at radius 2 is 1.94 bits per heavy atom. The summed E-state index contributed by atoms with van der Waals surface area (Å²) in [4.78, 5) is 2.65. The molecule has 0 fully saturated rings. The fourth-order valence-corrected chi connectivity index (χ4v) is 1.65. The lowest BCUT2D eigenvalue weighted by atomic mass is 10.0. The number of fused-ring (bicyclic) bond motifs is 1. The van der Waals surface area contributed by atoms with Crippen LogP contribution < -0.4 is 5.73 Å². The molecule has 0 saturated heterocycles. The van der Waals surface area contributed by atoms with Crippen LogP contribution in [0.5, 0.6) is 0 Å². The van der Waals surface area contributed by atoms with Crippen LogP contribution >= 0.6 is 0 Å². The van der Waals surface area contributed by atoms with Gasteiger partial charge in [0.25, 0.3) is 0 Å². The molecule has 0 unspecified atom stereocenters. The summed E-state index contributed by atoms with van der Waals surface area (Å²) in [5, 5.41) is 5.37. The van der Waals surface area contributed by atoms with Crippen molar-refractivity contribution in [3.8, 4) is 11.8 Å². The largest absolute Gasteiger partial charge is 0.398 e. The summed E-state index contributed by atoms with van der Waals surface area (Å²) in [5.41, 5.74) is 15.7. The third-order valence-corrected chi connectivity index (χ3v) is 2.39. The first-order valence-electron chi connectivity index (χ1n) is 5.10. The lowest BCUT2D eigenvalue weighted by Gasteiger charge is -2.03. The molecule has 0 aliphatic carbocycles. The fourth-order valence-electron chi connectivity index (χ4n) is 1.65. The second-order valence-electron chi connectivity index (χ2n) is 3.44. The summed E-state index contributed by atoms with van der Waals surface area (Å²) in [6, 6.07) is 11.5. The monoisotopic (exact) mass is 222 g/mol. The van der Waals surface area contributed by atoms with E-state index in [1.54, 1.807) is 0 Å². The first-order valence-corrected chi connectivity index (χ1v) is 5.10. The van der Waals surface area contributed by atoms with Gasteiger partial charge in [0.1, 0.15) is 0 Å². The van der Waals surface area contributed by atoms with Gasteiger partial charge in [0.15, 0.2) is 0 Å². The normalized spacial score (nSPS) is 9.18. The highest BCUT2D eigenvalue weighted by Crippen LogP contribution is 2.23. The highest BCUT2D eigenvalue weighted by atomic mass is 15.1. The number of benzene rings is 2. The number of rotatable bonds is 1. The molecule has 17 heavy (non-hydrogen) atoms. The van der Waals surface area contributed by atoms with Crippen LogP contribution in [0.25, 0.3) is 21.2 Å². The van der Waals surface area contributed by atoms with Crippen molar-refractivity contribution in [1.29, 1.82) is 0 Å². The van der Waals surface area contributed by atoms with Gasteiger partial charge in [-0.3, -0.25) is 0 Å². The molecule has 2 aromatic carbocycles. The number of nitrogens with two attached hydrogens (primary N) is 1. The number of nitrogens with zero attached hydrogens (tertiary/aromatic N) is 3. The molecule has 4 heteroatoms. The Bertz CT molecular complexity index is 658. The molecular formula is C13H10N4. The van der Waals surface area contributed by atoms with Gasteiger partial charge < -0.3 is 5.73 Å². The Morgan fingerprint density at radius 3 is 2.76 bits per heavy atom. The van der Waals surface area contributed by atoms with Gasteiger partial charge in [-0.2, -0.15) is 0 Å². The second-order valence-corrected chi connectivity index (χ2v) is 3.44. The minimum Gasteiger partial charge on any atom is -0.398 e. The lowest BCUT2D eigenvalue weighted by Crippen LogP contribution is -1.88. The Morgan fingerprint density at radius 1 is 1.18 bits per heavy atom. The SMILES string of the molecule is [N-]=[N+]=NCC#Cc1cccc2c(N)cccc12. The summed E-state index contributed by atoms with van der Waals surface area (Å²) in [6.45, 7) is 0.176. The van der Waals surface area contributed by atoms with Crippen molar-refractivity contribution < 1.29 is 0 Å². The molecule has 2 aromatic rings. The molecular weight excluding hydrogens is 212 g/mol. The van der Waals surface area contributed by atoms with E-state index in [4.69, 9.17) is 11.3 Å². The molecule has 0 aliphatic heterocycles. The van der Waals surface area contributed by atoms with Crippen molar-refractivity contribution in [3.63, 3.8) is 0 Å². The summed E-state index contributed by atoms with van der Waals surface area (Å²) in [7, 11) is 0. The van der Waals surface area contributed by atoms with Gasteiger partial charge in [0.05, 0.1) is 6.54 Å². The number of azide groups is 1. The molecule has 0 radical (unpaired) electrons. The van der Waals surface area contributed by atoms with Crippen LogP contribution in [0.3, 0.4) is 0 Å². The van der Waals surface area contributed by atoms with Gasteiger partial charge in [0, 0.05) is 21.5 Å². The summed E-state index contributed by atoms with van der Waals surface area (Å²) >= 11 is 0. The van der Waals surface area contributed by atoms with E-state index in [0.717, 1.165) is 22.0 Å². The lowest BCUT2D eigenvalue weighted by molar-refractivity contribution is 1.25. The predicted octanol–water partition coefficient (Wildman–Crippen LogP) is 3.08. The summed E-state index contributed by atoms with van der Waals surface area (Å²) in [6.07, 6.45) is 0. The number of hydrogen-bond donors (Lipinski definition) is 1. The molecule has 0 bridgehead atoms. The molecule has 2 N–H and O–H groups in total. The zero-order chi connectivity index (χ0) is 12.1. The van der Waals surface area contributed by atoms with Gasteiger partial charge in [-0.25, -0.2) is 0 Å². The molecule has 82 valence electrons. The van der Waals surface area contributed by atoms with Gasteiger partial charge in [-0.1, -0.05) is 41.2 Å². The van der Waals surface area contributed by atoms with Crippen LogP contribution in [0.15, 0.2) is 41.5 Å². The maximum Gasteiger partial charge on any atom is 0.0880 e. The predicted molar refractivity (Wildman–Crippen MR) is 69.3 cm³/mol.